The number of aromatic amines is 1. The molecule has 0 atom stereocenters. The fourth-order valence-electron chi connectivity index (χ4n) is 2.19. The summed E-state index contributed by atoms with van der Waals surface area (Å²) in [6.45, 7) is 0. The number of hydrogen-bond acceptors (Lipinski definition) is 3. The molecular weight excluding hydrogens is 381 g/mol. The summed E-state index contributed by atoms with van der Waals surface area (Å²) in [5.41, 5.74) is 3.46. The van der Waals surface area contributed by atoms with Gasteiger partial charge in [0.05, 0.1) is 17.5 Å². The van der Waals surface area contributed by atoms with Crippen LogP contribution in [0.4, 0.5) is 13.2 Å². The van der Waals surface area contributed by atoms with Gasteiger partial charge in [0.15, 0.2) is 0 Å². The van der Waals surface area contributed by atoms with Crippen molar-refractivity contribution >= 4 is 23.7 Å². The van der Waals surface area contributed by atoms with E-state index in [0.717, 1.165) is 17.7 Å². The average molecular weight is 393 g/mol. The van der Waals surface area contributed by atoms with Gasteiger partial charge in [-0.25, -0.2) is 5.43 Å². The average Bonchev–Trinajstić information content (AvgIpc) is 3.12. The Kier molecular flexibility index (Phi) is 5.27. The number of hydrazone groups is 1. The Labute approximate surface area is 156 Å². The summed E-state index contributed by atoms with van der Waals surface area (Å²) >= 11 is 5.83. The first kappa shape index (κ1) is 18.7. The molecule has 0 aliphatic heterocycles. The van der Waals surface area contributed by atoms with E-state index in [0.29, 0.717) is 16.3 Å². The molecular formula is C18H12ClF3N4O. The van der Waals surface area contributed by atoms with Crippen LogP contribution in [0.25, 0.3) is 11.3 Å². The van der Waals surface area contributed by atoms with E-state index in [2.05, 4.69) is 20.7 Å². The minimum absolute atomic E-state index is 0.185. The molecule has 0 saturated heterocycles. The summed E-state index contributed by atoms with van der Waals surface area (Å²) in [5, 5.41) is 11.0. The van der Waals surface area contributed by atoms with Crippen molar-refractivity contribution < 1.29 is 18.0 Å². The molecule has 0 unspecified atom stereocenters. The number of carbonyl (C=O) groups is 1. The molecule has 0 aliphatic rings. The summed E-state index contributed by atoms with van der Waals surface area (Å²) in [7, 11) is 0. The van der Waals surface area contributed by atoms with Gasteiger partial charge in [-0.2, -0.15) is 23.4 Å². The number of amides is 1. The van der Waals surface area contributed by atoms with Crippen LogP contribution >= 0.6 is 11.6 Å². The highest BCUT2D eigenvalue weighted by molar-refractivity contribution is 6.30. The lowest BCUT2D eigenvalue weighted by Gasteiger charge is -2.05. The van der Waals surface area contributed by atoms with Crippen molar-refractivity contribution in [3.63, 3.8) is 0 Å². The number of nitrogens with one attached hydrogen (secondary N) is 2. The monoisotopic (exact) mass is 392 g/mol. The zero-order chi connectivity index (χ0) is 19.4. The molecule has 3 rings (SSSR count). The van der Waals surface area contributed by atoms with Crippen LogP contribution in [0.1, 0.15) is 21.6 Å². The van der Waals surface area contributed by atoms with Crippen molar-refractivity contribution in [2.75, 3.05) is 0 Å². The smallest absolute Gasteiger partial charge is 0.272 e. The van der Waals surface area contributed by atoms with Crippen LogP contribution in [-0.4, -0.2) is 22.3 Å². The Bertz CT molecular complexity index is 964. The van der Waals surface area contributed by atoms with Gasteiger partial charge < -0.3 is 0 Å². The molecule has 0 spiro atoms. The van der Waals surface area contributed by atoms with E-state index in [1.165, 1.54) is 18.3 Å². The highest BCUT2D eigenvalue weighted by atomic mass is 35.5. The predicted octanol–water partition coefficient (Wildman–Crippen LogP) is 4.51. The van der Waals surface area contributed by atoms with Gasteiger partial charge in [0.25, 0.3) is 5.91 Å². The lowest BCUT2D eigenvalue weighted by molar-refractivity contribution is -0.137. The number of aromatic nitrogens is 2. The largest absolute Gasteiger partial charge is 0.416 e. The maximum atomic E-state index is 12.5. The standard InChI is InChI=1S/C18H12ClF3N4O/c19-14-7-3-12(4-8-14)15-9-16(25-24-15)17(27)26-23-10-11-1-5-13(6-2-11)18(20,21)22/h1-10H,(H,24,25)(H,26,27)/b23-10-. The second-order valence-corrected chi connectivity index (χ2v) is 5.93. The molecule has 9 heteroatoms. The molecule has 2 aromatic carbocycles. The summed E-state index contributed by atoms with van der Waals surface area (Å²) in [5.74, 6) is -0.536. The first-order chi connectivity index (χ1) is 12.8. The maximum absolute atomic E-state index is 12.5. The molecule has 3 aromatic rings. The van der Waals surface area contributed by atoms with Crippen molar-refractivity contribution in [3.8, 4) is 11.3 Å². The molecule has 0 aliphatic carbocycles. The van der Waals surface area contributed by atoms with Crippen molar-refractivity contribution in [1.82, 2.24) is 15.6 Å². The van der Waals surface area contributed by atoms with Gasteiger partial charge in [-0.1, -0.05) is 35.9 Å². The highest BCUT2D eigenvalue weighted by Crippen LogP contribution is 2.28. The van der Waals surface area contributed by atoms with E-state index < -0.39 is 17.6 Å². The van der Waals surface area contributed by atoms with Crippen LogP contribution in [0.5, 0.6) is 0 Å². The number of carbonyl (C=O) groups excluding carboxylic acids is 1. The summed E-state index contributed by atoms with van der Waals surface area (Å²) < 4.78 is 37.5. The predicted molar refractivity (Wildman–Crippen MR) is 95.5 cm³/mol. The molecule has 138 valence electrons. The SMILES string of the molecule is O=C(N/N=C\c1ccc(C(F)(F)F)cc1)c1cc(-c2ccc(Cl)cc2)n[nH]1. The summed E-state index contributed by atoms with van der Waals surface area (Å²) in [6.07, 6.45) is -3.15. The third-order valence-corrected chi connectivity index (χ3v) is 3.83. The van der Waals surface area contributed by atoms with Gasteiger partial charge in [-0.15, -0.1) is 0 Å². The Balaban J connectivity index is 1.62. The second kappa shape index (κ2) is 7.63. The zero-order valence-corrected chi connectivity index (χ0v) is 14.3. The Morgan fingerprint density at radius 3 is 2.41 bits per heavy atom. The number of H-pyrrole nitrogens is 1. The van der Waals surface area contributed by atoms with E-state index in [4.69, 9.17) is 11.6 Å². The number of rotatable bonds is 4. The zero-order valence-electron chi connectivity index (χ0n) is 13.6. The lowest BCUT2D eigenvalue weighted by Crippen LogP contribution is -2.18. The molecule has 1 heterocycles. The van der Waals surface area contributed by atoms with Gasteiger partial charge in [0, 0.05) is 10.6 Å². The van der Waals surface area contributed by atoms with E-state index in [-0.39, 0.29) is 5.69 Å². The highest BCUT2D eigenvalue weighted by Gasteiger charge is 2.29. The van der Waals surface area contributed by atoms with Gasteiger partial charge in [0.1, 0.15) is 5.69 Å². The molecule has 27 heavy (non-hydrogen) atoms. The number of benzene rings is 2. The molecule has 0 radical (unpaired) electrons. The van der Waals surface area contributed by atoms with Crippen LogP contribution in [0.3, 0.4) is 0 Å². The van der Waals surface area contributed by atoms with Crippen LogP contribution < -0.4 is 5.43 Å². The minimum Gasteiger partial charge on any atom is -0.272 e. The normalized spacial score (nSPS) is 11.7. The van der Waals surface area contributed by atoms with Crippen LogP contribution in [-0.2, 0) is 6.18 Å². The van der Waals surface area contributed by atoms with E-state index in [1.54, 1.807) is 30.3 Å². The van der Waals surface area contributed by atoms with Crippen molar-refractivity contribution in [2.24, 2.45) is 5.10 Å². The minimum atomic E-state index is -4.40. The van der Waals surface area contributed by atoms with Crippen LogP contribution in [0.2, 0.25) is 5.02 Å². The van der Waals surface area contributed by atoms with Gasteiger partial charge in [-0.3, -0.25) is 9.89 Å². The quantitative estimate of drug-likeness (QED) is 0.506. The fraction of sp³-hybridized carbons (Fsp3) is 0.0556. The molecule has 2 N–H and O–H groups in total. The Hall–Kier alpha value is -3.13. The summed E-state index contributed by atoms with van der Waals surface area (Å²) in [6, 6.07) is 12.9. The maximum Gasteiger partial charge on any atom is 0.416 e. The van der Waals surface area contributed by atoms with Gasteiger partial charge in [-0.05, 0) is 35.9 Å². The number of halogens is 4. The molecule has 0 fully saturated rings. The number of alkyl halides is 3. The lowest BCUT2D eigenvalue weighted by atomic mass is 10.1. The Morgan fingerprint density at radius 1 is 1.11 bits per heavy atom. The fourth-order valence-corrected chi connectivity index (χ4v) is 2.32. The number of nitrogens with zero attached hydrogens (tertiary/aromatic N) is 2. The molecule has 1 aromatic heterocycles. The molecule has 0 bridgehead atoms. The van der Waals surface area contributed by atoms with Crippen molar-refractivity contribution in [1.29, 1.82) is 0 Å². The van der Waals surface area contributed by atoms with Crippen LogP contribution in [0, 0.1) is 0 Å². The third-order valence-electron chi connectivity index (χ3n) is 3.58. The first-order valence-electron chi connectivity index (χ1n) is 7.65. The molecule has 0 saturated carbocycles. The topological polar surface area (TPSA) is 70.1 Å². The van der Waals surface area contributed by atoms with Crippen LogP contribution in [0.15, 0.2) is 59.7 Å². The van der Waals surface area contributed by atoms with Crippen molar-refractivity contribution in [3.05, 3.63) is 76.4 Å². The van der Waals surface area contributed by atoms with Gasteiger partial charge in [0.2, 0.25) is 0 Å². The molecule has 5 nitrogen and oxygen atoms in total. The third kappa shape index (κ3) is 4.73. The Morgan fingerprint density at radius 2 is 1.78 bits per heavy atom. The van der Waals surface area contributed by atoms with Crippen molar-refractivity contribution in [2.45, 2.75) is 6.18 Å². The van der Waals surface area contributed by atoms with Gasteiger partial charge >= 0.3 is 6.18 Å². The van der Waals surface area contributed by atoms with E-state index >= 15 is 0 Å². The van der Waals surface area contributed by atoms with E-state index in [1.807, 2.05) is 0 Å². The first-order valence-corrected chi connectivity index (χ1v) is 8.03. The number of hydrogen-bond donors (Lipinski definition) is 2. The van der Waals surface area contributed by atoms with E-state index in [9.17, 15) is 18.0 Å². The molecule has 1 amide bonds. The second-order valence-electron chi connectivity index (χ2n) is 5.49. The summed E-state index contributed by atoms with van der Waals surface area (Å²) in [4.78, 5) is 12.1.